The molecule has 4 heteroatoms. The molecule has 1 rings (SSSR count). The Morgan fingerprint density at radius 1 is 1.47 bits per heavy atom. The molecule has 0 aliphatic heterocycles. The molecule has 0 aromatic carbocycles. The summed E-state index contributed by atoms with van der Waals surface area (Å²) in [5.74, 6) is 5.97. The fraction of sp³-hybridized carbons (Fsp3) is 0.385. The van der Waals surface area contributed by atoms with Gasteiger partial charge in [0.2, 0.25) is 5.91 Å². The van der Waals surface area contributed by atoms with E-state index in [9.17, 15) is 4.79 Å². The summed E-state index contributed by atoms with van der Waals surface area (Å²) in [6, 6.07) is 5.30. The Kier molecular flexibility index (Phi) is 4.24. The first-order valence-electron chi connectivity index (χ1n) is 5.41. The van der Waals surface area contributed by atoms with Gasteiger partial charge in [-0.3, -0.25) is 4.79 Å². The normalized spacial score (nSPS) is 10.4. The van der Waals surface area contributed by atoms with Gasteiger partial charge in [-0.15, -0.1) is 0 Å². The molecule has 0 saturated heterocycles. The number of rotatable bonds is 1. The zero-order valence-corrected chi connectivity index (χ0v) is 10.4. The molecule has 0 saturated carbocycles. The van der Waals surface area contributed by atoms with Gasteiger partial charge in [0.1, 0.15) is 11.5 Å². The number of carbonyl (C=O) groups excluding carboxylic acids is 1. The van der Waals surface area contributed by atoms with Crippen LogP contribution in [0.15, 0.2) is 18.2 Å². The maximum atomic E-state index is 11.8. The minimum Gasteiger partial charge on any atom is -0.320 e. The molecule has 1 amide bonds. The highest BCUT2D eigenvalue weighted by Gasteiger charge is 2.21. The Bertz CT molecular complexity index is 464. The molecule has 1 heterocycles. The molecule has 17 heavy (non-hydrogen) atoms. The van der Waals surface area contributed by atoms with Crippen molar-refractivity contribution in [2.24, 2.45) is 11.1 Å². The van der Waals surface area contributed by atoms with Crippen LogP contribution < -0.4 is 11.1 Å². The fourth-order valence-corrected chi connectivity index (χ4v) is 1.02. The van der Waals surface area contributed by atoms with Crippen molar-refractivity contribution in [2.75, 3.05) is 11.9 Å². The molecule has 0 radical (unpaired) electrons. The van der Waals surface area contributed by atoms with Crippen LogP contribution in [0.25, 0.3) is 0 Å². The number of anilines is 1. The van der Waals surface area contributed by atoms with Crippen molar-refractivity contribution in [3.8, 4) is 11.8 Å². The van der Waals surface area contributed by atoms with Crippen molar-refractivity contribution in [1.82, 2.24) is 4.98 Å². The molecule has 3 N–H and O–H groups in total. The van der Waals surface area contributed by atoms with Crippen molar-refractivity contribution in [1.29, 1.82) is 0 Å². The second kappa shape index (κ2) is 5.46. The maximum Gasteiger partial charge on any atom is 0.230 e. The number of nitrogens with one attached hydrogen (secondary N) is 1. The number of nitrogens with two attached hydrogens (primary N) is 1. The molecule has 0 fully saturated rings. The first-order chi connectivity index (χ1) is 7.93. The lowest BCUT2D eigenvalue weighted by Crippen LogP contribution is -2.28. The van der Waals surface area contributed by atoms with Crippen LogP contribution in [0.5, 0.6) is 0 Å². The molecule has 0 bridgehead atoms. The van der Waals surface area contributed by atoms with E-state index in [1.54, 1.807) is 18.2 Å². The summed E-state index contributed by atoms with van der Waals surface area (Å²) in [6.45, 7) is 5.83. The maximum absolute atomic E-state index is 11.8. The van der Waals surface area contributed by atoms with E-state index in [0.717, 1.165) is 0 Å². The van der Waals surface area contributed by atoms with Gasteiger partial charge in [0.25, 0.3) is 0 Å². The van der Waals surface area contributed by atoms with Crippen LogP contribution >= 0.6 is 0 Å². The van der Waals surface area contributed by atoms with E-state index < -0.39 is 5.41 Å². The Labute approximate surface area is 102 Å². The van der Waals surface area contributed by atoms with Crippen molar-refractivity contribution in [3.05, 3.63) is 23.9 Å². The number of carbonyl (C=O) groups is 1. The summed E-state index contributed by atoms with van der Waals surface area (Å²) in [7, 11) is 0. The minimum atomic E-state index is -0.444. The monoisotopic (exact) mass is 231 g/mol. The molecule has 1 aromatic heterocycles. The van der Waals surface area contributed by atoms with Gasteiger partial charge >= 0.3 is 0 Å². The standard InChI is InChI=1S/C13H17N3O/c1-13(2,3)12(17)16-11-8-4-6-10(15-11)7-5-9-14/h4,6,8H,9,14H2,1-3H3,(H,15,16,17). The highest BCUT2D eigenvalue weighted by molar-refractivity contribution is 5.93. The van der Waals surface area contributed by atoms with Crippen LogP contribution in [0.1, 0.15) is 26.5 Å². The predicted molar refractivity (Wildman–Crippen MR) is 68.3 cm³/mol. The largest absolute Gasteiger partial charge is 0.320 e. The third-order valence-electron chi connectivity index (χ3n) is 1.99. The van der Waals surface area contributed by atoms with E-state index in [0.29, 0.717) is 18.1 Å². The van der Waals surface area contributed by atoms with E-state index in [-0.39, 0.29) is 5.91 Å². The van der Waals surface area contributed by atoms with Gasteiger partial charge in [-0.25, -0.2) is 4.98 Å². The topological polar surface area (TPSA) is 68.0 Å². The first kappa shape index (κ1) is 13.2. The van der Waals surface area contributed by atoms with E-state index in [4.69, 9.17) is 5.73 Å². The van der Waals surface area contributed by atoms with Crippen molar-refractivity contribution in [3.63, 3.8) is 0 Å². The molecule has 0 atom stereocenters. The van der Waals surface area contributed by atoms with Gasteiger partial charge in [-0.2, -0.15) is 0 Å². The van der Waals surface area contributed by atoms with E-state index in [2.05, 4.69) is 22.1 Å². The van der Waals surface area contributed by atoms with Crippen molar-refractivity contribution < 1.29 is 4.79 Å². The highest BCUT2D eigenvalue weighted by atomic mass is 16.2. The summed E-state index contributed by atoms with van der Waals surface area (Å²) in [5, 5.41) is 2.75. The third-order valence-corrected chi connectivity index (χ3v) is 1.99. The molecular weight excluding hydrogens is 214 g/mol. The third kappa shape index (κ3) is 4.25. The second-order valence-electron chi connectivity index (χ2n) is 4.62. The Hall–Kier alpha value is -1.86. The summed E-state index contributed by atoms with van der Waals surface area (Å²) >= 11 is 0. The lowest BCUT2D eigenvalue weighted by molar-refractivity contribution is -0.123. The second-order valence-corrected chi connectivity index (χ2v) is 4.62. The van der Waals surface area contributed by atoms with Gasteiger partial charge < -0.3 is 11.1 Å². The van der Waals surface area contributed by atoms with Crippen LogP contribution in [0.4, 0.5) is 5.82 Å². The van der Waals surface area contributed by atoms with Gasteiger partial charge in [0.15, 0.2) is 0 Å². The predicted octanol–water partition coefficient (Wildman–Crippen LogP) is 1.38. The number of hydrogen-bond acceptors (Lipinski definition) is 3. The first-order valence-corrected chi connectivity index (χ1v) is 5.41. The van der Waals surface area contributed by atoms with Crippen LogP contribution in [0.2, 0.25) is 0 Å². The number of amides is 1. The summed E-state index contributed by atoms with van der Waals surface area (Å²) in [6.07, 6.45) is 0. The SMILES string of the molecule is CC(C)(C)C(=O)Nc1cccc(C#CCN)n1. The number of pyridine rings is 1. The van der Waals surface area contributed by atoms with Gasteiger partial charge in [0.05, 0.1) is 6.54 Å². The van der Waals surface area contributed by atoms with Gasteiger partial charge in [-0.1, -0.05) is 32.8 Å². The van der Waals surface area contributed by atoms with Gasteiger partial charge in [-0.05, 0) is 18.1 Å². The van der Waals surface area contributed by atoms with Crippen molar-refractivity contribution in [2.45, 2.75) is 20.8 Å². The van der Waals surface area contributed by atoms with Crippen LogP contribution in [-0.2, 0) is 4.79 Å². The lowest BCUT2D eigenvalue weighted by Gasteiger charge is -2.17. The number of aromatic nitrogens is 1. The summed E-state index contributed by atoms with van der Waals surface area (Å²) in [4.78, 5) is 16.0. The molecule has 0 spiro atoms. The van der Waals surface area contributed by atoms with Crippen LogP contribution in [0.3, 0.4) is 0 Å². The van der Waals surface area contributed by atoms with Crippen LogP contribution in [0, 0.1) is 17.3 Å². The van der Waals surface area contributed by atoms with E-state index >= 15 is 0 Å². The Morgan fingerprint density at radius 2 is 2.18 bits per heavy atom. The summed E-state index contributed by atoms with van der Waals surface area (Å²) in [5.41, 5.74) is 5.44. The number of hydrogen-bond donors (Lipinski definition) is 2. The van der Waals surface area contributed by atoms with E-state index in [1.807, 2.05) is 20.8 Å². The van der Waals surface area contributed by atoms with Crippen LogP contribution in [-0.4, -0.2) is 17.4 Å². The molecule has 1 aromatic rings. The smallest absolute Gasteiger partial charge is 0.230 e. The average Bonchev–Trinajstić information content (AvgIpc) is 2.25. The molecule has 90 valence electrons. The average molecular weight is 231 g/mol. The number of nitrogens with zero attached hydrogens (tertiary/aromatic N) is 1. The zero-order valence-electron chi connectivity index (χ0n) is 10.4. The highest BCUT2D eigenvalue weighted by Crippen LogP contribution is 2.16. The molecular formula is C13H17N3O. The van der Waals surface area contributed by atoms with Gasteiger partial charge in [0, 0.05) is 5.41 Å². The molecule has 0 unspecified atom stereocenters. The quantitative estimate of drug-likeness (QED) is 0.717. The van der Waals surface area contributed by atoms with Crippen molar-refractivity contribution >= 4 is 11.7 Å². The Morgan fingerprint density at radius 3 is 2.76 bits per heavy atom. The fourth-order valence-electron chi connectivity index (χ4n) is 1.02. The molecule has 0 aliphatic carbocycles. The molecule has 0 aliphatic rings. The minimum absolute atomic E-state index is 0.0751. The summed E-state index contributed by atoms with van der Waals surface area (Å²) < 4.78 is 0. The molecule has 4 nitrogen and oxygen atoms in total. The Balaban J connectivity index is 2.83. The van der Waals surface area contributed by atoms with E-state index in [1.165, 1.54) is 0 Å². The lowest BCUT2D eigenvalue weighted by atomic mass is 9.96. The zero-order chi connectivity index (χ0) is 12.9.